The zero-order chi connectivity index (χ0) is 21.5. The van der Waals surface area contributed by atoms with Crippen LogP contribution in [0, 0.1) is 11.8 Å². The van der Waals surface area contributed by atoms with Crippen molar-refractivity contribution in [3.63, 3.8) is 0 Å². The zero-order valence-electron chi connectivity index (χ0n) is 17.8. The Morgan fingerprint density at radius 2 is 1.60 bits per heavy atom. The third-order valence-electron chi connectivity index (χ3n) is 6.24. The molecule has 2 N–H and O–H groups in total. The van der Waals surface area contributed by atoms with Crippen molar-refractivity contribution in [3.8, 4) is 0 Å². The SMILES string of the molecule is CCC(C)C(NC(=O)c1ccccc1)C(=O)N1CCC(C(O)c2ccccc2)CC1. The molecule has 0 aromatic heterocycles. The van der Waals surface area contributed by atoms with Gasteiger partial charge in [0.25, 0.3) is 5.91 Å². The van der Waals surface area contributed by atoms with Crippen molar-refractivity contribution in [2.75, 3.05) is 13.1 Å². The van der Waals surface area contributed by atoms with E-state index < -0.39 is 12.1 Å². The van der Waals surface area contributed by atoms with Crippen LogP contribution in [0.5, 0.6) is 0 Å². The molecule has 30 heavy (non-hydrogen) atoms. The quantitative estimate of drug-likeness (QED) is 0.732. The van der Waals surface area contributed by atoms with E-state index in [-0.39, 0.29) is 23.7 Å². The highest BCUT2D eigenvalue weighted by molar-refractivity contribution is 5.97. The fraction of sp³-hybridized carbons (Fsp3) is 0.440. The van der Waals surface area contributed by atoms with Crippen molar-refractivity contribution < 1.29 is 14.7 Å². The summed E-state index contributed by atoms with van der Waals surface area (Å²) in [6.07, 6.45) is 1.80. The molecule has 3 atom stereocenters. The average Bonchev–Trinajstić information content (AvgIpc) is 2.82. The summed E-state index contributed by atoms with van der Waals surface area (Å²) in [7, 11) is 0. The Hall–Kier alpha value is -2.66. The molecule has 1 saturated heterocycles. The molecular weight excluding hydrogens is 376 g/mol. The van der Waals surface area contributed by atoms with Gasteiger partial charge < -0.3 is 15.3 Å². The number of likely N-dealkylation sites (tertiary alicyclic amines) is 1. The summed E-state index contributed by atoms with van der Waals surface area (Å²) in [4.78, 5) is 27.8. The number of nitrogens with one attached hydrogen (secondary N) is 1. The number of amides is 2. The first-order valence-corrected chi connectivity index (χ1v) is 10.9. The van der Waals surface area contributed by atoms with Gasteiger partial charge in [-0.2, -0.15) is 0 Å². The first-order valence-electron chi connectivity index (χ1n) is 10.9. The molecule has 2 amide bonds. The van der Waals surface area contributed by atoms with Crippen LogP contribution in [-0.2, 0) is 4.79 Å². The molecule has 5 heteroatoms. The van der Waals surface area contributed by atoms with Crippen molar-refractivity contribution in [3.05, 3.63) is 71.8 Å². The molecular formula is C25H32N2O3. The summed E-state index contributed by atoms with van der Waals surface area (Å²) in [5.41, 5.74) is 1.48. The summed E-state index contributed by atoms with van der Waals surface area (Å²) in [6, 6.07) is 18.2. The summed E-state index contributed by atoms with van der Waals surface area (Å²) in [5.74, 6) is -0.0693. The fourth-order valence-electron chi connectivity index (χ4n) is 4.05. The van der Waals surface area contributed by atoms with Crippen LogP contribution in [0.15, 0.2) is 60.7 Å². The highest BCUT2D eigenvalue weighted by atomic mass is 16.3. The minimum absolute atomic E-state index is 0.0266. The average molecular weight is 409 g/mol. The topological polar surface area (TPSA) is 69.6 Å². The molecule has 0 spiro atoms. The van der Waals surface area contributed by atoms with E-state index in [1.807, 2.05) is 67.3 Å². The van der Waals surface area contributed by atoms with E-state index >= 15 is 0 Å². The first-order chi connectivity index (χ1) is 14.5. The van der Waals surface area contributed by atoms with E-state index in [1.165, 1.54) is 0 Å². The maximum atomic E-state index is 13.3. The Labute approximate surface area is 179 Å². The zero-order valence-corrected chi connectivity index (χ0v) is 17.8. The number of aliphatic hydroxyl groups is 1. The van der Waals surface area contributed by atoms with Crippen LogP contribution >= 0.6 is 0 Å². The van der Waals surface area contributed by atoms with Gasteiger partial charge in [0.05, 0.1) is 6.10 Å². The van der Waals surface area contributed by atoms with Crippen LogP contribution in [0.3, 0.4) is 0 Å². The van der Waals surface area contributed by atoms with Gasteiger partial charge in [0.2, 0.25) is 5.91 Å². The molecule has 0 saturated carbocycles. The number of hydrogen-bond acceptors (Lipinski definition) is 3. The lowest BCUT2D eigenvalue weighted by atomic mass is 9.87. The van der Waals surface area contributed by atoms with Crippen LogP contribution in [0.1, 0.15) is 55.1 Å². The van der Waals surface area contributed by atoms with Gasteiger partial charge in [-0.25, -0.2) is 0 Å². The lowest BCUT2D eigenvalue weighted by Crippen LogP contribution is -2.53. The van der Waals surface area contributed by atoms with Crippen LogP contribution in [0.25, 0.3) is 0 Å². The molecule has 3 rings (SSSR count). The van der Waals surface area contributed by atoms with Crippen molar-refractivity contribution in [2.45, 2.75) is 45.3 Å². The van der Waals surface area contributed by atoms with Gasteiger partial charge in [0.1, 0.15) is 6.04 Å². The number of piperidine rings is 1. The van der Waals surface area contributed by atoms with E-state index in [9.17, 15) is 14.7 Å². The summed E-state index contributed by atoms with van der Waals surface area (Å²) >= 11 is 0. The van der Waals surface area contributed by atoms with E-state index in [0.29, 0.717) is 18.7 Å². The number of carbonyl (C=O) groups excluding carboxylic acids is 2. The summed E-state index contributed by atoms with van der Waals surface area (Å²) in [6.45, 7) is 5.23. The molecule has 1 aliphatic heterocycles. The molecule has 0 bridgehead atoms. The molecule has 3 unspecified atom stereocenters. The lowest BCUT2D eigenvalue weighted by molar-refractivity contribution is -0.136. The van der Waals surface area contributed by atoms with Crippen LogP contribution in [-0.4, -0.2) is 41.0 Å². The Morgan fingerprint density at radius 1 is 1.03 bits per heavy atom. The molecule has 1 heterocycles. The molecule has 1 fully saturated rings. The minimum atomic E-state index is -0.543. The number of benzene rings is 2. The largest absolute Gasteiger partial charge is 0.388 e. The smallest absolute Gasteiger partial charge is 0.251 e. The normalized spacial score (nSPS) is 17.8. The van der Waals surface area contributed by atoms with Crippen LogP contribution in [0.2, 0.25) is 0 Å². The third kappa shape index (κ3) is 5.28. The van der Waals surface area contributed by atoms with Gasteiger partial charge in [-0.1, -0.05) is 68.8 Å². The van der Waals surface area contributed by atoms with Crippen LogP contribution in [0.4, 0.5) is 0 Å². The Bertz CT molecular complexity index is 817. The van der Waals surface area contributed by atoms with Gasteiger partial charge in [-0.3, -0.25) is 9.59 Å². The van der Waals surface area contributed by atoms with Crippen molar-refractivity contribution in [2.24, 2.45) is 11.8 Å². The Morgan fingerprint density at radius 3 is 2.17 bits per heavy atom. The number of aliphatic hydroxyl groups excluding tert-OH is 1. The Balaban J connectivity index is 1.62. The predicted octanol–water partition coefficient (Wildman–Crippen LogP) is 3.80. The molecule has 0 aliphatic carbocycles. The highest BCUT2D eigenvalue weighted by Crippen LogP contribution is 2.31. The first kappa shape index (κ1) is 22.0. The number of rotatable bonds is 7. The second kappa shape index (κ2) is 10.4. The van der Waals surface area contributed by atoms with Gasteiger partial charge >= 0.3 is 0 Å². The van der Waals surface area contributed by atoms with E-state index in [2.05, 4.69) is 5.32 Å². The summed E-state index contributed by atoms with van der Waals surface area (Å²) in [5, 5.41) is 13.7. The monoisotopic (exact) mass is 408 g/mol. The third-order valence-corrected chi connectivity index (χ3v) is 6.24. The lowest BCUT2D eigenvalue weighted by Gasteiger charge is -2.37. The van der Waals surface area contributed by atoms with E-state index in [4.69, 9.17) is 0 Å². The standard InChI is InChI=1S/C25H32N2O3/c1-3-18(2)22(26-24(29)21-12-8-5-9-13-21)25(30)27-16-14-20(15-17-27)23(28)19-10-6-4-7-11-19/h4-13,18,20,22-23,28H,3,14-17H2,1-2H3,(H,26,29). The maximum Gasteiger partial charge on any atom is 0.251 e. The van der Waals surface area contributed by atoms with Gasteiger partial charge in [0.15, 0.2) is 0 Å². The Kier molecular flexibility index (Phi) is 7.63. The molecule has 160 valence electrons. The number of hydrogen-bond donors (Lipinski definition) is 2. The maximum absolute atomic E-state index is 13.3. The van der Waals surface area contributed by atoms with Crippen molar-refractivity contribution >= 4 is 11.8 Å². The second-order valence-electron chi connectivity index (χ2n) is 8.22. The molecule has 5 nitrogen and oxygen atoms in total. The number of carbonyl (C=O) groups is 2. The van der Waals surface area contributed by atoms with Crippen LogP contribution < -0.4 is 5.32 Å². The van der Waals surface area contributed by atoms with Gasteiger partial charge in [0, 0.05) is 18.7 Å². The predicted molar refractivity (Wildman–Crippen MR) is 118 cm³/mol. The van der Waals surface area contributed by atoms with Gasteiger partial charge in [-0.15, -0.1) is 0 Å². The van der Waals surface area contributed by atoms with Crippen molar-refractivity contribution in [1.82, 2.24) is 10.2 Å². The van der Waals surface area contributed by atoms with E-state index in [1.54, 1.807) is 12.1 Å². The summed E-state index contributed by atoms with van der Waals surface area (Å²) < 4.78 is 0. The van der Waals surface area contributed by atoms with E-state index in [0.717, 1.165) is 24.8 Å². The van der Waals surface area contributed by atoms with Crippen molar-refractivity contribution in [1.29, 1.82) is 0 Å². The molecule has 2 aromatic rings. The fourth-order valence-corrected chi connectivity index (χ4v) is 4.05. The second-order valence-corrected chi connectivity index (χ2v) is 8.22. The highest BCUT2D eigenvalue weighted by Gasteiger charge is 2.34. The molecule has 2 aromatic carbocycles. The molecule has 0 radical (unpaired) electrons. The minimum Gasteiger partial charge on any atom is -0.388 e. The van der Waals surface area contributed by atoms with Gasteiger partial charge in [-0.05, 0) is 42.4 Å². The molecule has 1 aliphatic rings. The number of nitrogens with zero attached hydrogens (tertiary/aromatic N) is 1.